The summed E-state index contributed by atoms with van der Waals surface area (Å²) in [5, 5.41) is 3.05. The third-order valence-corrected chi connectivity index (χ3v) is 7.07. The average molecular weight is 475 g/mol. The molecule has 3 aliphatic rings. The van der Waals surface area contributed by atoms with Crippen LogP contribution in [-0.4, -0.2) is 34.9 Å². The summed E-state index contributed by atoms with van der Waals surface area (Å²) in [6, 6.07) is 14.6. The van der Waals surface area contributed by atoms with Gasteiger partial charge in [0.2, 0.25) is 0 Å². The maximum atomic E-state index is 12.8. The van der Waals surface area contributed by atoms with Crippen molar-refractivity contribution in [1.29, 1.82) is 0 Å². The molecular weight excluding hydrogens is 448 g/mol. The molecule has 0 aromatic heterocycles. The molecule has 1 saturated heterocycles. The van der Waals surface area contributed by atoms with Gasteiger partial charge >= 0.3 is 6.09 Å². The van der Waals surface area contributed by atoms with E-state index in [4.69, 9.17) is 26.1 Å². The zero-order valence-corrected chi connectivity index (χ0v) is 20.4. The number of nitrogens with zero attached hydrogens (tertiary/aromatic N) is 2. The molecule has 1 amide bonds. The van der Waals surface area contributed by atoms with Crippen LogP contribution in [0.5, 0.6) is 5.75 Å². The lowest BCUT2D eigenvalue weighted by Gasteiger charge is -2.28. The molecule has 0 aliphatic carbocycles. The summed E-state index contributed by atoms with van der Waals surface area (Å²) in [4.78, 5) is 19.7. The summed E-state index contributed by atoms with van der Waals surface area (Å²) < 4.78 is 11.8. The van der Waals surface area contributed by atoms with E-state index in [-0.39, 0.29) is 12.1 Å². The quantitative estimate of drug-likeness (QED) is 0.378. The van der Waals surface area contributed by atoms with Gasteiger partial charge in [0.15, 0.2) is 0 Å². The van der Waals surface area contributed by atoms with Crippen LogP contribution in [0.1, 0.15) is 44.7 Å². The van der Waals surface area contributed by atoms with Gasteiger partial charge in [0, 0.05) is 29.3 Å². The van der Waals surface area contributed by atoms with Gasteiger partial charge in [0.1, 0.15) is 18.0 Å². The number of carbonyl (C=O) groups is 1. The minimum absolute atomic E-state index is 0.0113. The first kappa shape index (κ1) is 21.5. The number of halogens is 1. The second-order valence-corrected chi connectivity index (χ2v) is 10.8. The van der Waals surface area contributed by atoms with Gasteiger partial charge in [-0.25, -0.2) is 4.79 Å². The SMILES string of the molecule is CC(C)(C)OC(=O)N1CCC[C@H]1C1=Nc2ccc3cc4c(cc3c2C1)OCc1cc(Cl)ccc1-4. The number of hydrogen-bond donors (Lipinski definition) is 0. The smallest absolute Gasteiger partial charge is 0.410 e. The molecule has 6 rings (SSSR count). The first-order valence-corrected chi connectivity index (χ1v) is 12.2. The minimum Gasteiger partial charge on any atom is -0.488 e. The van der Waals surface area contributed by atoms with E-state index in [1.54, 1.807) is 0 Å². The summed E-state index contributed by atoms with van der Waals surface area (Å²) in [5.74, 6) is 0.889. The van der Waals surface area contributed by atoms with E-state index in [0.717, 1.165) is 63.3 Å². The van der Waals surface area contributed by atoms with Crippen molar-refractivity contribution in [2.75, 3.05) is 6.54 Å². The van der Waals surface area contributed by atoms with E-state index in [1.165, 1.54) is 11.1 Å². The Hall–Kier alpha value is -3.05. The third-order valence-electron chi connectivity index (χ3n) is 6.83. The van der Waals surface area contributed by atoms with E-state index >= 15 is 0 Å². The minimum atomic E-state index is -0.510. The van der Waals surface area contributed by atoms with Crippen molar-refractivity contribution < 1.29 is 14.3 Å². The van der Waals surface area contributed by atoms with Crippen LogP contribution in [0.2, 0.25) is 5.02 Å². The molecule has 0 spiro atoms. The van der Waals surface area contributed by atoms with Crippen molar-refractivity contribution >= 4 is 39.9 Å². The first-order valence-electron chi connectivity index (χ1n) is 11.9. The fraction of sp³-hybridized carbons (Fsp3) is 0.357. The molecular formula is C28H27ClN2O3. The number of likely N-dealkylation sites (tertiary alicyclic amines) is 1. The van der Waals surface area contributed by atoms with Crippen LogP contribution in [0.15, 0.2) is 47.5 Å². The van der Waals surface area contributed by atoms with E-state index in [9.17, 15) is 4.79 Å². The lowest BCUT2D eigenvalue weighted by molar-refractivity contribution is 0.0265. The topological polar surface area (TPSA) is 51.1 Å². The maximum absolute atomic E-state index is 12.8. The summed E-state index contributed by atoms with van der Waals surface area (Å²) in [7, 11) is 0. The largest absolute Gasteiger partial charge is 0.488 e. The molecule has 1 fully saturated rings. The molecule has 0 N–H and O–H groups in total. The Balaban J connectivity index is 1.33. The fourth-order valence-corrected chi connectivity index (χ4v) is 5.54. The van der Waals surface area contributed by atoms with Crippen molar-refractivity contribution in [3.8, 4) is 16.9 Å². The predicted octanol–water partition coefficient (Wildman–Crippen LogP) is 7.08. The van der Waals surface area contributed by atoms with E-state index in [2.05, 4.69) is 30.3 Å². The number of ether oxygens (including phenoxy) is 2. The molecule has 0 unspecified atom stereocenters. The Morgan fingerprint density at radius 1 is 1.15 bits per heavy atom. The van der Waals surface area contributed by atoms with E-state index in [1.807, 2.05) is 37.8 Å². The van der Waals surface area contributed by atoms with Crippen molar-refractivity contribution in [2.24, 2.45) is 4.99 Å². The monoisotopic (exact) mass is 474 g/mol. The lowest BCUT2D eigenvalue weighted by Crippen LogP contribution is -2.43. The molecule has 34 heavy (non-hydrogen) atoms. The third kappa shape index (κ3) is 3.63. The molecule has 0 radical (unpaired) electrons. The lowest BCUT2D eigenvalue weighted by atomic mass is 9.92. The normalized spacial score (nSPS) is 18.8. The van der Waals surface area contributed by atoms with Crippen molar-refractivity contribution in [1.82, 2.24) is 4.90 Å². The van der Waals surface area contributed by atoms with Gasteiger partial charge in [0.25, 0.3) is 0 Å². The first-order chi connectivity index (χ1) is 16.3. The molecule has 174 valence electrons. The van der Waals surface area contributed by atoms with E-state index in [0.29, 0.717) is 13.2 Å². The summed E-state index contributed by atoms with van der Waals surface area (Å²) in [6.07, 6.45) is 2.37. The average Bonchev–Trinajstić information content (AvgIpc) is 3.43. The number of aliphatic imine (C=N–C) groups is 1. The fourth-order valence-electron chi connectivity index (χ4n) is 5.34. The van der Waals surface area contributed by atoms with Crippen LogP contribution >= 0.6 is 11.6 Å². The number of fused-ring (bicyclic) bond motifs is 6. The van der Waals surface area contributed by atoms with Gasteiger partial charge in [-0.3, -0.25) is 9.89 Å². The van der Waals surface area contributed by atoms with E-state index < -0.39 is 5.60 Å². The maximum Gasteiger partial charge on any atom is 0.410 e. The Labute approximate surface area is 204 Å². The molecule has 5 nitrogen and oxygen atoms in total. The van der Waals surface area contributed by atoms with Gasteiger partial charge in [-0.15, -0.1) is 0 Å². The number of hydrogen-bond acceptors (Lipinski definition) is 4. The molecule has 0 bridgehead atoms. The predicted molar refractivity (Wildman–Crippen MR) is 135 cm³/mol. The highest BCUT2D eigenvalue weighted by molar-refractivity contribution is 6.30. The van der Waals surface area contributed by atoms with Crippen LogP contribution in [0.25, 0.3) is 21.9 Å². The molecule has 0 saturated carbocycles. The highest BCUT2D eigenvalue weighted by Crippen LogP contribution is 2.44. The summed E-state index contributed by atoms with van der Waals surface area (Å²) in [5.41, 5.74) is 6.10. The second-order valence-electron chi connectivity index (χ2n) is 10.3. The zero-order chi connectivity index (χ0) is 23.6. The Morgan fingerprint density at radius 3 is 2.82 bits per heavy atom. The zero-order valence-electron chi connectivity index (χ0n) is 19.7. The molecule has 1 atom stereocenters. The van der Waals surface area contributed by atoms with Crippen LogP contribution in [0, 0.1) is 0 Å². The Kier molecular flexibility index (Phi) is 4.89. The number of rotatable bonds is 1. The molecule has 3 heterocycles. The Morgan fingerprint density at radius 2 is 2.00 bits per heavy atom. The van der Waals surface area contributed by atoms with Gasteiger partial charge in [-0.1, -0.05) is 23.7 Å². The molecule has 3 aliphatic heterocycles. The standard InChI is InChI=1S/C28H27ClN2O3/c1-28(2,3)34-27(32)31-10-4-5-25(31)24-13-21-20-14-26-22(12-16(20)6-9-23(21)30-24)19-8-7-18(29)11-17(19)15-33-26/h6-9,11-12,14,25H,4-5,10,13,15H2,1-3H3/t25-/m0/s1. The van der Waals surface area contributed by atoms with Crippen LogP contribution in [0.3, 0.4) is 0 Å². The van der Waals surface area contributed by atoms with Gasteiger partial charge in [0.05, 0.1) is 11.7 Å². The molecule has 3 aromatic rings. The highest BCUT2D eigenvalue weighted by atomic mass is 35.5. The van der Waals surface area contributed by atoms with Gasteiger partial charge < -0.3 is 9.47 Å². The molecule has 6 heteroatoms. The second kappa shape index (κ2) is 7.74. The number of carbonyl (C=O) groups excluding carboxylic acids is 1. The van der Waals surface area contributed by atoms with Crippen LogP contribution in [0.4, 0.5) is 10.5 Å². The van der Waals surface area contributed by atoms with Crippen molar-refractivity contribution in [2.45, 2.75) is 58.3 Å². The van der Waals surface area contributed by atoms with Crippen LogP contribution < -0.4 is 4.74 Å². The summed E-state index contributed by atoms with van der Waals surface area (Å²) in [6.45, 7) is 6.93. The Bertz CT molecular complexity index is 1370. The molecule has 3 aromatic carbocycles. The van der Waals surface area contributed by atoms with Gasteiger partial charge in [-0.05, 0) is 91.4 Å². The van der Waals surface area contributed by atoms with Gasteiger partial charge in [-0.2, -0.15) is 0 Å². The highest BCUT2D eigenvalue weighted by Gasteiger charge is 2.37. The van der Waals surface area contributed by atoms with Crippen molar-refractivity contribution in [3.63, 3.8) is 0 Å². The number of benzene rings is 3. The number of amides is 1. The van der Waals surface area contributed by atoms with Crippen molar-refractivity contribution in [3.05, 3.63) is 58.6 Å². The van der Waals surface area contributed by atoms with Crippen LogP contribution in [-0.2, 0) is 17.8 Å². The summed E-state index contributed by atoms with van der Waals surface area (Å²) >= 11 is 6.19.